The van der Waals surface area contributed by atoms with Gasteiger partial charge < -0.3 is 5.32 Å². The van der Waals surface area contributed by atoms with Crippen molar-refractivity contribution in [3.05, 3.63) is 39.7 Å². The standard InChI is InChI=1S/C14H8F9N5O2/c1-28-9(29)8(25-10(30)14(21,22)23)26-11(27-28)24-7-3-5(12(15,16)17)2-6(4-7)13(18,19)20/h2-4H,1H3,(H2,24,25,26,27,30). The first-order valence-electron chi connectivity index (χ1n) is 7.38. The first-order chi connectivity index (χ1) is 13.5. The number of aromatic nitrogens is 3. The highest BCUT2D eigenvalue weighted by atomic mass is 19.4. The number of benzene rings is 1. The van der Waals surface area contributed by atoms with Crippen LogP contribution in [0.25, 0.3) is 0 Å². The number of hydrogen-bond acceptors (Lipinski definition) is 5. The molecule has 1 aromatic heterocycles. The van der Waals surface area contributed by atoms with Gasteiger partial charge in [0.05, 0.1) is 11.1 Å². The van der Waals surface area contributed by atoms with E-state index in [0.717, 1.165) is 12.4 Å². The molecule has 1 heterocycles. The summed E-state index contributed by atoms with van der Waals surface area (Å²) >= 11 is 0. The Kier molecular flexibility index (Phi) is 5.73. The number of anilines is 3. The molecule has 0 fully saturated rings. The molecular weight excluding hydrogens is 441 g/mol. The lowest BCUT2D eigenvalue weighted by molar-refractivity contribution is -0.167. The van der Waals surface area contributed by atoms with E-state index < -0.39 is 58.6 Å². The fourth-order valence-electron chi connectivity index (χ4n) is 1.99. The van der Waals surface area contributed by atoms with Gasteiger partial charge in [0, 0.05) is 12.7 Å². The average Bonchev–Trinajstić information content (AvgIpc) is 2.56. The zero-order valence-electron chi connectivity index (χ0n) is 14.3. The lowest BCUT2D eigenvalue weighted by atomic mass is 10.1. The van der Waals surface area contributed by atoms with Gasteiger partial charge in [-0.1, -0.05) is 0 Å². The van der Waals surface area contributed by atoms with Crippen molar-refractivity contribution in [2.24, 2.45) is 7.05 Å². The summed E-state index contributed by atoms with van der Waals surface area (Å²) in [6, 6.07) is 0.372. The van der Waals surface area contributed by atoms with Crippen molar-refractivity contribution >= 4 is 23.4 Å². The highest BCUT2D eigenvalue weighted by Crippen LogP contribution is 2.37. The summed E-state index contributed by atoms with van der Waals surface area (Å²) in [4.78, 5) is 25.9. The minimum Gasteiger partial charge on any atom is -0.323 e. The largest absolute Gasteiger partial charge is 0.471 e. The zero-order valence-corrected chi connectivity index (χ0v) is 14.3. The number of carbonyl (C=O) groups is 1. The minimum absolute atomic E-state index is 0.151. The second-order valence-electron chi connectivity index (χ2n) is 5.58. The van der Waals surface area contributed by atoms with Crippen LogP contribution in [0.5, 0.6) is 0 Å². The smallest absolute Gasteiger partial charge is 0.323 e. The summed E-state index contributed by atoms with van der Waals surface area (Å²) in [6.45, 7) is 0. The summed E-state index contributed by atoms with van der Waals surface area (Å²) in [5, 5.41) is 6.44. The van der Waals surface area contributed by atoms with Crippen LogP contribution >= 0.6 is 0 Å². The monoisotopic (exact) mass is 449 g/mol. The molecule has 0 spiro atoms. The van der Waals surface area contributed by atoms with Crippen LogP contribution in [-0.4, -0.2) is 26.8 Å². The molecule has 30 heavy (non-hydrogen) atoms. The Hall–Kier alpha value is -3.33. The van der Waals surface area contributed by atoms with E-state index >= 15 is 0 Å². The fourth-order valence-corrected chi connectivity index (χ4v) is 1.99. The van der Waals surface area contributed by atoms with Gasteiger partial charge in [0.1, 0.15) is 0 Å². The van der Waals surface area contributed by atoms with Gasteiger partial charge in [-0.15, -0.1) is 5.10 Å². The van der Waals surface area contributed by atoms with Crippen LogP contribution < -0.4 is 16.2 Å². The number of nitrogens with one attached hydrogen (secondary N) is 2. The number of hydrogen-bond donors (Lipinski definition) is 2. The molecule has 0 aliphatic heterocycles. The van der Waals surface area contributed by atoms with Gasteiger partial charge in [-0.05, 0) is 18.2 Å². The lowest BCUT2D eigenvalue weighted by Crippen LogP contribution is -2.35. The van der Waals surface area contributed by atoms with Crippen molar-refractivity contribution in [3.63, 3.8) is 0 Å². The summed E-state index contributed by atoms with van der Waals surface area (Å²) in [5.41, 5.74) is -5.52. The molecule has 0 radical (unpaired) electrons. The van der Waals surface area contributed by atoms with E-state index in [1.807, 2.05) is 5.32 Å². The SMILES string of the molecule is Cn1nc(Nc2cc(C(F)(F)F)cc(C(F)(F)F)c2)nc(NC(=O)C(F)(F)F)c1=O. The maximum atomic E-state index is 12.9. The number of alkyl halides is 9. The normalized spacial score (nSPS) is 12.6. The van der Waals surface area contributed by atoms with Crippen molar-refractivity contribution < 1.29 is 44.3 Å². The van der Waals surface area contributed by atoms with Gasteiger partial charge in [-0.2, -0.15) is 44.5 Å². The van der Waals surface area contributed by atoms with Crippen LogP contribution in [0.1, 0.15) is 11.1 Å². The topological polar surface area (TPSA) is 88.9 Å². The van der Waals surface area contributed by atoms with E-state index in [-0.39, 0.29) is 18.2 Å². The third-order valence-corrected chi connectivity index (χ3v) is 3.29. The predicted molar refractivity (Wildman–Crippen MR) is 81.7 cm³/mol. The van der Waals surface area contributed by atoms with Crippen molar-refractivity contribution in [3.8, 4) is 0 Å². The molecule has 0 saturated carbocycles. The summed E-state index contributed by atoms with van der Waals surface area (Å²) < 4.78 is 115. The first kappa shape index (κ1) is 23.0. The van der Waals surface area contributed by atoms with Gasteiger partial charge in [0.25, 0.3) is 0 Å². The molecule has 0 saturated heterocycles. The molecule has 2 rings (SSSR count). The van der Waals surface area contributed by atoms with Crippen molar-refractivity contribution in [1.82, 2.24) is 14.8 Å². The van der Waals surface area contributed by atoms with Gasteiger partial charge in [-0.25, -0.2) is 4.68 Å². The van der Waals surface area contributed by atoms with Crippen molar-refractivity contribution in [2.75, 3.05) is 10.6 Å². The molecule has 164 valence electrons. The van der Waals surface area contributed by atoms with Crippen LogP contribution in [-0.2, 0) is 24.2 Å². The summed E-state index contributed by atoms with van der Waals surface area (Å²) in [7, 11) is 0.895. The predicted octanol–water partition coefficient (Wildman–Crippen LogP) is 3.46. The second kappa shape index (κ2) is 7.49. The minimum atomic E-state index is -5.40. The summed E-state index contributed by atoms with van der Waals surface area (Å²) in [5.74, 6) is -4.65. The summed E-state index contributed by atoms with van der Waals surface area (Å²) in [6.07, 6.45) is -15.7. The maximum absolute atomic E-state index is 12.9. The Morgan fingerprint density at radius 1 is 0.933 bits per heavy atom. The highest BCUT2D eigenvalue weighted by molar-refractivity contribution is 5.94. The van der Waals surface area contributed by atoms with Gasteiger partial charge >= 0.3 is 30.0 Å². The van der Waals surface area contributed by atoms with E-state index in [4.69, 9.17) is 0 Å². The molecule has 7 nitrogen and oxygen atoms in total. The number of carbonyl (C=O) groups excluding carboxylic acids is 1. The molecule has 0 aliphatic rings. The fraction of sp³-hybridized carbons (Fsp3) is 0.286. The van der Waals surface area contributed by atoms with Crippen LogP contribution in [0.4, 0.5) is 57.0 Å². The molecular formula is C14H8F9N5O2. The molecule has 0 unspecified atom stereocenters. The van der Waals surface area contributed by atoms with Gasteiger partial charge in [-0.3, -0.25) is 14.9 Å². The third kappa shape index (κ3) is 5.38. The second-order valence-corrected chi connectivity index (χ2v) is 5.58. The van der Waals surface area contributed by atoms with E-state index in [9.17, 15) is 49.1 Å². The Bertz CT molecular complexity index is 992. The van der Waals surface area contributed by atoms with Gasteiger partial charge in [0.15, 0.2) is 0 Å². The molecule has 0 aliphatic carbocycles. The Morgan fingerprint density at radius 2 is 1.43 bits per heavy atom. The Labute approximate surface area is 159 Å². The molecule has 2 aromatic rings. The van der Waals surface area contributed by atoms with Crippen LogP contribution in [0.15, 0.2) is 23.0 Å². The van der Waals surface area contributed by atoms with E-state index in [2.05, 4.69) is 10.1 Å². The van der Waals surface area contributed by atoms with E-state index in [1.54, 1.807) is 0 Å². The molecule has 1 amide bonds. The molecule has 16 heteroatoms. The Balaban J connectivity index is 2.50. The number of aryl methyl sites for hydroxylation is 1. The molecule has 2 N–H and O–H groups in total. The number of rotatable bonds is 3. The van der Waals surface area contributed by atoms with Crippen LogP contribution in [0.2, 0.25) is 0 Å². The molecule has 0 atom stereocenters. The molecule has 1 aromatic carbocycles. The molecule has 0 bridgehead atoms. The van der Waals surface area contributed by atoms with E-state index in [1.165, 1.54) is 0 Å². The van der Waals surface area contributed by atoms with Crippen LogP contribution in [0.3, 0.4) is 0 Å². The Morgan fingerprint density at radius 3 is 1.87 bits per heavy atom. The van der Waals surface area contributed by atoms with Crippen molar-refractivity contribution in [1.29, 1.82) is 0 Å². The van der Waals surface area contributed by atoms with Gasteiger partial charge in [0.2, 0.25) is 11.8 Å². The number of amides is 1. The lowest BCUT2D eigenvalue weighted by Gasteiger charge is -2.15. The quantitative estimate of drug-likeness (QED) is 0.701. The zero-order chi connectivity index (χ0) is 23.1. The average molecular weight is 449 g/mol. The van der Waals surface area contributed by atoms with Crippen molar-refractivity contribution in [2.45, 2.75) is 18.5 Å². The number of nitrogens with zero attached hydrogens (tertiary/aromatic N) is 3. The van der Waals surface area contributed by atoms with Crippen LogP contribution in [0, 0.1) is 0 Å². The highest BCUT2D eigenvalue weighted by Gasteiger charge is 2.40. The first-order valence-corrected chi connectivity index (χ1v) is 7.38. The third-order valence-electron chi connectivity index (χ3n) is 3.29. The van der Waals surface area contributed by atoms with E-state index in [0.29, 0.717) is 4.68 Å². The maximum Gasteiger partial charge on any atom is 0.471 e. The number of halogens is 9.